The van der Waals surface area contributed by atoms with E-state index in [1.807, 2.05) is 6.07 Å². The average Bonchev–Trinajstić information content (AvgIpc) is 2.07. The van der Waals surface area contributed by atoms with E-state index in [-0.39, 0.29) is 36.8 Å². The Morgan fingerprint density at radius 3 is 2.42 bits per heavy atom. The van der Waals surface area contributed by atoms with Gasteiger partial charge in [-0.25, -0.2) is 0 Å². The van der Waals surface area contributed by atoms with Gasteiger partial charge in [0.05, 0.1) is 6.26 Å². The van der Waals surface area contributed by atoms with Crippen LogP contribution < -0.4 is 29.6 Å². The summed E-state index contributed by atoms with van der Waals surface area (Å²) in [6.45, 7) is 0. The number of rotatable bonds is 2. The van der Waals surface area contributed by atoms with Crippen LogP contribution in [0.3, 0.4) is 0 Å². The van der Waals surface area contributed by atoms with Gasteiger partial charge in [0.1, 0.15) is 0 Å². The van der Waals surface area contributed by atoms with Crippen LogP contribution in [0.25, 0.3) is 0 Å². The third-order valence-electron chi connectivity index (χ3n) is 1.28. The Morgan fingerprint density at radius 2 is 1.92 bits per heavy atom. The second-order valence-electron chi connectivity index (χ2n) is 2.05. The quantitative estimate of drug-likeness (QED) is 0.270. The standard InChI is InChI=1S/C9H8O2.Na.H/c10-7-6-9(11)8-4-2-1-3-5-8;;/h1-7,10H;;/q;+1;-1/b7-6+;;. The zero-order valence-corrected chi connectivity index (χ0v) is 8.90. The van der Waals surface area contributed by atoms with Gasteiger partial charge in [0.15, 0.2) is 5.78 Å². The smallest absolute Gasteiger partial charge is 1.00 e. The largest absolute Gasteiger partial charge is 1.00 e. The molecule has 0 aliphatic carbocycles. The zero-order valence-electron chi connectivity index (χ0n) is 7.90. The van der Waals surface area contributed by atoms with Crippen LogP contribution in [0.1, 0.15) is 11.8 Å². The van der Waals surface area contributed by atoms with Gasteiger partial charge in [-0.3, -0.25) is 4.79 Å². The number of aliphatic hydroxyl groups excluding tert-OH is 1. The molecule has 0 saturated carbocycles. The molecule has 3 heteroatoms. The number of ketones is 1. The monoisotopic (exact) mass is 172 g/mol. The SMILES string of the molecule is O=C(/C=C/O)c1ccccc1.[H-].[Na+]. The van der Waals surface area contributed by atoms with Crippen LogP contribution in [0.4, 0.5) is 0 Å². The molecule has 0 aliphatic rings. The third-order valence-corrected chi connectivity index (χ3v) is 1.28. The van der Waals surface area contributed by atoms with Gasteiger partial charge in [0, 0.05) is 11.6 Å². The van der Waals surface area contributed by atoms with E-state index in [0.717, 1.165) is 12.3 Å². The van der Waals surface area contributed by atoms with Gasteiger partial charge >= 0.3 is 29.6 Å². The fourth-order valence-corrected chi connectivity index (χ4v) is 0.766. The molecule has 1 N–H and O–H groups in total. The van der Waals surface area contributed by atoms with E-state index < -0.39 is 0 Å². The van der Waals surface area contributed by atoms with E-state index >= 15 is 0 Å². The fraction of sp³-hybridized carbons (Fsp3) is 0. The minimum Gasteiger partial charge on any atom is -1.00 e. The van der Waals surface area contributed by atoms with Crippen molar-refractivity contribution in [2.45, 2.75) is 0 Å². The van der Waals surface area contributed by atoms with Crippen LogP contribution in [0.2, 0.25) is 0 Å². The minimum absolute atomic E-state index is 0. The van der Waals surface area contributed by atoms with E-state index in [9.17, 15) is 4.79 Å². The minimum atomic E-state index is -0.187. The molecule has 12 heavy (non-hydrogen) atoms. The number of benzene rings is 1. The molecule has 0 bridgehead atoms. The number of allylic oxidation sites excluding steroid dienone is 1. The summed E-state index contributed by atoms with van der Waals surface area (Å²) in [5.41, 5.74) is 0.581. The van der Waals surface area contributed by atoms with Crippen molar-refractivity contribution in [2.75, 3.05) is 0 Å². The molecule has 2 nitrogen and oxygen atoms in total. The normalized spacial score (nSPS) is 9.33. The van der Waals surface area contributed by atoms with Gasteiger partial charge in [-0.05, 0) is 0 Å². The summed E-state index contributed by atoms with van der Waals surface area (Å²) in [4.78, 5) is 11.0. The summed E-state index contributed by atoms with van der Waals surface area (Å²) < 4.78 is 0. The Morgan fingerprint density at radius 1 is 1.33 bits per heavy atom. The van der Waals surface area contributed by atoms with Crippen molar-refractivity contribution in [3.05, 3.63) is 48.2 Å². The van der Waals surface area contributed by atoms with E-state index in [1.165, 1.54) is 0 Å². The molecule has 0 radical (unpaired) electrons. The third kappa shape index (κ3) is 3.22. The van der Waals surface area contributed by atoms with Crippen molar-refractivity contribution in [3.63, 3.8) is 0 Å². The van der Waals surface area contributed by atoms with Crippen LogP contribution in [-0.2, 0) is 0 Å². The van der Waals surface area contributed by atoms with Crippen molar-refractivity contribution in [2.24, 2.45) is 0 Å². The maximum absolute atomic E-state index is 11.0. The topological polar surface area (TPSA) is 37.3 Å². The van der Waals surface area contributed by atoms with Crippen molar-refractivity contribution >= 4 is 5.78 Å². The van der Waals surface area contributed by atoms with E-state index in [2.05, 4.69) is 0 Å². The molecule has 1 rings (SSSR count). The molecule has 0 saturated heterocycles. The van der Waals surface area contributed by atoms with Crippen LogP contribution >= 0.6 is 0 Å². The Bertz CT molecular complexity index is 272. The second-order valence-corrected chi connectivity index (χ2v) is 2.05. The number of carbonyl (C=O) groups excluding carboxylic acids is 1. The first kappa shape index (κ1) is 11.4. The van der Waals surface area contributed by atoms with Gasteiger partial charge in [0.2, 0.25) is 0 Å². The molecule has 58 valence electrons. The van der Waals surface area contributed by atoms with E-state index in [1.54, 1.807) is 24.3 Å². The molecule has 1 aromatic carbocycles. The molecule has 0 aromatic heterocycles. The predicted octanol–water partition coefficient (Wildman–Crippen LogP) is -0.942. The Balaban J connectivity index is 0. The number of carbonyl (C=O) groups is 1. The summed E-state index contributed by atoms with van der Waals surface area (Å²) in [7, 11) is 0. The molecule has 0 aliphatic heterocycles. The number of aliphatic hydroxyl groups is 1. The predicted molar refractivity (Wildman–Crippen MR) is 43.7 cm³/mol. The van der Waals surface area contributed by atoms with Crippen molar-refractivity contribution in [1.82, 2.24) is 0 Å². The summed E-state index contributed by atoms with van der Waals surface area (Å²) in [5.74, 6) is -0.187. The fourth-order valence-electron chi connectivity index (χ4n) is 0.766. The van der Waals surface area contributed by atoms with Gasteiger partial charge in [-0.15, -0.1) is 0 Å². The molecule has 1 aromatic rings. The average molecular weight is 172 g/mol. The van der Waals surface area contributed by atoms with Crippen molar-refractivity contribution < 1.29 is 40.9 Å². The van der Waals surface area contributed by atoms with Crippen LogP contribution in [0.15, 0.2) is 42.7 Å². The molecule has 0 unspecified atom stereocenters. The van der Waals surface area contributed by atoms with Gasteiger partial charge in [-0.1, -0.05) is 30.3 Å². The van der Waals surface area contributed by atoms with E-state index in [4.69, 9.17) is 5.11 Å². The first-order valence-corrected chi connectivity index (χ1v) is 3.25. The maximum Gasteiger partial charge on any atom is 1.00 e. The first-order chi connectivity index (χ1) is 5.34. The van der Waals surface area contributed by atoms with Crippen molar-refractivity contribution in [1.29, 1.82) is 0 Å². The molecular formula is C9H9NaO2. The van der Waals surface area contributed by atoms with Gasteiger partial charge < -0.3 is 6.53 Å². The number of hydrogen-bond donors (Lipinski definition) is 1. The summed E-state index contributed by atoms with van der Waals surface area (Å²) in [5, 5.41) is 8.30. The molecule has 0 fully saturated rings. The molecule has 0 spiro atoms. The van der Waals surface area contributed by atoms with E-state index in [0.29, 0.717) is 5.56 Å². The zero-order chi connectivity index (χ0) is 8.10. The maximum atomic E-state index is 11.0. The Kier molecular flexibility index (Phi) is 5.72. The molecule has 0 heterocycles. The van der Waals surface area contributed by atoms with Gasteiger partial charge in [-0.2, -0.15) is 0 Å². The second kappa shape index (κ2) is 6.00. The van der Waals surface area contributed by atoms with Crippen molar-refractivity contribution in [3.8, 4) is 0 Å². The van der Waals surface area contributed by atoms with Crippen LogP contribution in [-0.4, -0.2) is 10.9 Å². The number of hydrogen-bond acceptors (Lipinski definition) is 2. The van der Waals surface area contributed by atoms with Crippen LogP contribution in [0.5, 0.6) is 0 Å². The summed E-state index contributed by atoms with van der Waals surface area (Å²) in [6.07, 6.45) is 1.87. The van der Waals surface area contributed by atoms with Gasteiger partial charge in [0.25, 0.3) is 0 Å². The molecular weight excluding hydrogens is 163 g/mol. The van der Waals surface area contributed by atoms with Crippen LogP contribution in [0, 0.1) is 0 Å². The summed E-state index contributed by atoms with van der Waals surface area (Å²) >= 11 is 0. The molecule has 0 atom stereocenters. The first-order valence-electron chi connectivity index (χ1n) is 3.25. The Hall–Kier alpha value is -0.570. The Labute approximate surface area is 94.7 Å². The molecule has 0 amide bonds. The summed E-state index contributed by atoms with van der Waals surface area (Å²) in [6, 6.07) is 8.78.